The van der Waals surface area contributed by atoms with Gasteiger partial charge in [0.05, 0.1) is 66.6 Å². The molecule has 19 aromatic carbocycles. The van der Waals surface area contributed by atoms with Gasteiger partial charge in [-0.05, 0) is 279 Å². The summed E-state index contributed by atoms with van der Waals surface area (Å²) in [4.78, 5) is 2.16. The summed E-state index contributed by atoms with van der Waals surface area (Å²) in [5.41, 5.74) is 33.5. The zero-order valence-electron chi connectivity index (χ0n) is 70.6. The summed E-state index contributed by atoms with van der Waals surface area (Å²) in [6.07, 6.45) is 4.09. The van der Waals surface area contributed by atoms with Crippen LogP contribution in [0.4, 0.5) is 20.2 Å². The van der Waals surface area contributed by atoms with E-state index in [4.69, 9.17) is 17.2 Å². The molecular formula is C120H76F2N8S. The lowest BCUT2D eigenvalue weighted by atomic mass is 9.91. The van der Waals surface area contributed by atoms with Gasteiger partial charge in [0.2, 0.25) is 0 Å². The first-order chi connectivity index (χ1) is 64.6. The third kappa shape index (κ3) is 12.8. The molecule has 0 unspecified atom stereocenters. The molecule has 5 aromatic heterocycles. The van der Waals surface area contributed by atoms with Crippen LogP contribution in [0.25, 0.3) is 210 Å². The first kappa shape index (κ1) is 76.4. The molecule has 0 aliphatic heterocycles. The third-order valence-electron chi connectivity index (χ3n) is 26.6. The maximum absolute atomic E-state index is 14.5. The van der Waals surface area contributed by atoms with Crippen molar-refractivity contribution in [3.8, 4) is 95.2 Å². The van der Waals surface area contributed by atoms with Crippen LogP contribution in [0.5, 0.6) is 0 Å². The Morgan fingerprint density at radius 2 is 0.443 bits per heavy atom. The number of rotatable bonds is 15. The quantitative estimate of drug-likeness (QED) is 0.0780. The topological polar surface area (TPSA) is 64.1 Å². The van der Waals surface area contributed by atoms with Crippen LogP contribution in [0, 0.1) is 17.0 Å². The molecule has 131 heavy (non-hydrogen) atoms. The Bertz CT molecular complexity index is 8310. The highest BCUT2D eigenvalue weighted by molar-refractivity contribution is 7.79. The van der Waals surface area contributed by atoms with E-state index in [1.54, 1.807) is 0 Å². The number of benzene rings is 19. The lowest BCUT2D eigenvalue weighted by molar-refractivity contribution is 0.627. The van der Waals surface area contributed by atoms with Crippen molar-refractivity contribution in [1.82, 2.24) is 22.8 Å². The molecule has 0 fully saturated rings. The molecular weight excluding hydrogens is 1620 g/mol. The van der Waals surface area contributed by atoms with Crippen LogP contribution in [0.3, 0.4) is 0 Å². The van der Waals surface area contributed by atoms with E-state index < -0.39 is 0 Å². The van der Waals surface area contributed by atoms with Gasteiger partial charge in [0.25, 0.3) is 0 Å². The Kier molecular flexibility index (Phi) is 18.1. The van der Waals surface area contributed by atoms with Gasteiger partial charge in [-0.3, -0.25) is 5.41 Å². The molecule has 616 valence electrons. The number of halogens is 2. The second-order valence-corrected chi connectivity index (χ2v) is 34.0. The monoisotopic (exact) mass is 1700 g/mol. The fourth-order valence-corrected chi connectivity index (χ4v) is 20.5. The number of anilines is 2. The van der Waals surface area contributed by atoms with E-state index in [0.29, 0.717) is 17.0 Å². The van der Waals surface area contributed by atoms with E-state index in [-0.39, 0.29) is 17.3 Å². The number of hydrogen-bond donors (Lipinski definition) is 2. The van der Waals surface area contributed by atoms with Crippen molar-refractivity contribution in [2.75, 3.05) is 4.90 Å². The number of hydrogen-bond acceptors (Lipinski definition) is 4. The summed E-state index contributed by atoms with van der Waals surface area (Å²) in [5.74, 6) is -0.576. The molecule has 24 aromatic rings. The first-order valence-electron chi connectivity index (χ1n) is 44.0. The van der Waals surface area contributed by atoms with Crippen molar-refractivity contribution in [1.29, 1.82) is 5.41 Å². The second kappa shape index (κ2) is 31.0. The summed E-state index contributed by atoms with van der Waals surface area (Å²) >= 11 is 4.75. The maximum Gasteiger partial charge on any atom is 0.123 e. The van der Waals surface area contributed by atoms with Gasteiger partial charge in [-0.1, -0.05) is 255 Å². The second-order valence-electron chi connectivity index (χ2n) is 33.8. The molecule has 0 saturated carbocycles. The standard InChI is InChI=1S/C120H76F2N8S/c121-88-47-61-95(62-48-88)129-112-23-11-5-17-102(112)104-65-43-86(73-117(104)129)81-37-51-90(52-38-81)125(91-53-39-82(40-54-91)87-44-66-105-103-18-6-12-24-113(103)130(118(105)74-87)96-63-49-89(122)50-64-96)116-70-67-97(119(123)120(116)124-131)83-41-59-94(60-42-83)128-114-68-45-84(79-29-25-75(26-30-79)77-33-55-92(56-34-77)126-108-19-7-1-13-98(108)99-14-2-8-20-109(99)126)71-106(114)107-72-85(46-69-115(107)128)80-31-27-76(28-32-80)78-35-57-93(58-36-78)127-110-21-9-3-15-100(110)101-16-4-10-22-111(101)127/h1-74,123,131H. The highest BCUT2D eigenvalue weighted by Gasteiger charge is 2.30. The van der Waals surface area contributed by atoms with Crippen molar-refractivity contribution in [3.05, 3.63) is 472 Å². The van der Waals surface area contributed by atoms with Crippen LogP contribution in [0.1, 0.15) is 5.56 Å². The third-order valence-corrected chi connectivity index (χ3v) is 26.8. The fraction of sp³-hybridized carbons (Fsp3) is 0. The van der Waals surface area contributed by atoms with E-state index in [0.717, 1.165) is 178 Å². The number of aromatic nitrogens is 5. The predicted octanol–water partition coefficient (Wildman–Crippen LogP) is 31.9. The SMILES string of the molecule is N=C1C(c2ccc(-n3c4ccc(-c5ccc(-c6ccc(-n7c8ccccc8c8ccccc87)cc6)cc5)cc4c4cc(-c5ccc(-c6ccc(-n7c8ccccc8c8ccccc87)cc6)cc5)ccc43)cc2)=CC=C(N(c2ccc(-c3ccc4c5ccccc5n(-c5ccc(F)cc5)c4c3)cc2)c2ccc(-c3ccc4c5ccccc5n(-c5ccc(F)cc5)c4c3)cc2)C1=NS. The van der Waals surface area contributed by atoms with Gasteiger partial charge in [0, 0.05) is 99.2 Å². The Morgan fingerprint density at radius 1 is 0.214 bits per heavy atom. The number of para-hydroxylation sites is 6. The Labute approximate surface area is 758 Å². The van der Waals surface area contributed by atoms with E-state index in [9.17, 15) is 14.2 Å². The summed E-state index contributed by atoms with van der Waals surface area (Å²) in [6, 6.07) is 153. The number of nitrogens with zero attached hydrogens (tertiary/aromatic N) is 7. The molecule has 0 bridgehead atoms. The Morgan fingerprint density at radius 3 is 0.756 bits per heavy atom. The van der Waals surface area contributed by atoms with Crippen LogP contribution in [0.2, 0.25) is 0 Å². The smallest absolute Gasteiger partial charge is 0.123 e. The lowest BCUT2D eigenvalue weighted by Crippen LogP contribution is -2.30. The molecule has 0 amide bonds. The van der Waals surface area contributed by atoms with Crippen molar-refractivity contribution in [3.63, 3.8) is 0 Å². The first-order valence-corrected chi connectivity index (χ1v) is 44.4. The molecule has 0 radical (unpaired) electrons. The minimum Gasteiger partial charge on any atom is -0.309 e. The van der Waals surface area contributed by atoms with Gasteiger partial charge in [0.15, 0.2) is 0 Å². The summed E-state index contributed by atoms with van der Waals surface area (Å²) in [6.45, 7) is 0. The van der Waals surface area contributed by atoms with E-state index in [1.165, 1.54) is 67.9 Å². The molecule has 11 heteroatoms. The van der Waals surface area contributed by atoms with Crippen LogP contribution >= 0.6 is 12.8 Å². The molecule has 1 aliphatic rings. The van der Waals surface area contributed by atoms with E-state index >= 15 is 0 Å². The van der Waals surface area contributed by atoms with Gasteiger partial charge >= 0.3 is 0 Å². The number of fused-ring (bicyclic) bond motifs is 15. The molecule has 1 N–H and O–H groups in total. The van der Waals surface area contributed by atoms with Gasteiger partial charge in [-0.15, -0.1) is 0 Å². The zero-order valence-corrected chi connectivity index (χ0v) is 71.5. The van der Waals surface area contributed by atoms with Gasteiger partial charge < -0.3 is 27.7 Å². The molecule has 8 nitrogen and oxygen atoms in total. The normalized spacial score (nSPS) is 12.8. The highest BCUT2D eigenvalue weighted by atomic mass is 32.1. The molecule has 5 heterocycles. The number of nitrogens with one attached hydrogen (secondary N) is 1. The van der Waals surface area contributed by atoms with E-state index in [2.05, 4.69) is 410 Å². The Hall–Kier alpha value is -17.0. The van der Waals surface area contributed by atoms with Crippen LogP contribution in [0.15, 0.2) is 459 Å². The molecule has 1 aliphatic carbocycles. The number of thiol groups is 1. The van der Waals surface area contributed by atoms with Gasteiger partial charge in [0.1, 0.15) is 17.3 Å². The van der Waals surface area contributed by atoms with Crippen LogP contribution in [-0.4, -0.2) is 34.3 Å². The summed E-state index contributed by atoms with van der Waals surface area (Å²) in [5, 5.41) is 21.9. The van der Waals surface area contributed by atoms with E-state index in [1.807, 2.05) is 42.5 Å². The largest absolute Gasteiger partial charge is 0.309 e. The average molecular weight is 1700 g/mol. The fourth-order valence-electron chi connectivity index (χ4n) is 20.3. The molecule has 25 rings (SSSR count). The zero-order chi connectivity index (χ0) is 87.1. The molecule has 0 atom stereocenters. The molecule has 0 saturated heterocycles. The van der Waals surface area contributed by atoms with Gasteiger partial charge in [-0.2, -0.15) is 0 Å². The minimum absolute atomic E-state index is 0.220. The lowest BCUT2D eigenvalue weighted by Gasteiger charge is -2.31. The number of allylic oxidation sites excluding steroid dienone is 4. The average Bonchev–Trinajstić information content (AvgIpc) is 1.76. The van der Waals surface area contributed by atoms with Crippen molar-refractivity contribution >= 4 is 150 Å². The summed E-state index contributed by atoms with van der Waals surface area (Å²) in [7, 11) is 0. The predicted molar refractivity (Wildman–Crippen MR) is 546 cm³/mol. The van der Waals surface area contributed by atoms with Crippen molar-refractivity contribution < 1.29 is 8.78 Å². The van der Waals surface area contributed by atoms with Crippen LogP contribution in [-0.2, 0) is 0 Å². The highest BCUT2D eigenvalue weighted by Crippen LogP contribution is 2.45. The minimum atomic E-state index is -0.288. The Balaban J connectivity index is 0.565. The molecule has 0 spiro atoms. The van der Waals surface area contributed by atoms with Gasteiger partial charge in [-0.25, -0.2) is 13.2 Å². The maximum atomic E-state index is 14.5. The van der Waals surface area contributed by atoms with Crippen molar-refractivity contribution in [2.24, 2.45) is 4.40 Å². The summed E-state index contributed by atoms with van der Waals surface area (Å²) < 4.78 is 45.2. The van der Waals surface area contributed by atoms with Crippen molar-refractivity contribution in [2.45, 2.75) is 0 Å². The van der Waals surface area contributed by atoms with Crippen LogP contribution < -0.4 is 4.90 Å².